The summed E-state index contributed by atoms with van der Waals surface area (Å²) in [6, 6.07) is 20.0. The molecule has 0 aliphatic heterocycles. The van der Waals surface area contributed by atoms with E-state index in [-0.39, 0.29) is 0 Å². The average molecular weight is 398 g/mol. The van der Waals surface area contributed by atoms with Crippen LogP contribution in [0.2, 0.25) is 0 Å². The van der Waals surface area contributed by atoms with Crippen LogP contribution in [0, 0.1) is 6.92 Å². The standard InChI is InChI=1S/C24H22N4O2/c1-15-12-13-28-20(14-15)26-27-22(28)24(2,3)25-23(29)30-21-18-10-6-4-8-16(18)17-9-5-7-11-19(17)21/h4-14,21H,1-3H3,(H,25,29). The third kappa shape index (κ3) is 2.92. The van der Waals surface area contributed by atoms with Crippen LogP contribution in [0.15, 0.2) is 66.9 Å². The van der Waals surface area contributed by atoms with Crippen LogP contribution in [0.5, 0.6) is 0 Å². The van der Waals surface area contributed by atoms with Crippen LogP contribution in [0.1, 0.15) is 42.5 Å². The predicted octanol–water partition coefficient (Wildman–Crippen LogP) is 4.77. The molecule has 0 unspecified atom stereocenters. The zero-order valence-electron chi connectivity index (χ0n) is 17.1. The van der Waals surface area contributed by atoms with Crippen molar-refractivity contribution in [1.82, 2.24) is 19.9 Å². The van der Waals surface area contributed by atoms with Gasteiger partial charge in [-0.25, -0.2) is 4.79 Å². The van der Waals surface area contributed by atoms with Crippen molar-refractivity contribution >= 4 is 11.7 Å². The van der Waals surface area contributed by atoms with Crippen molar-refractivity contribution < 1.29 is 9.53 Å². The molecule has 0 saturated heterocycles. The maximum atomic E-state index is 12.9. The minimum absolute atomic E-state index is 0.439. The summed E-state index contributed by atoms with van der Waals surface area (Å²) >= 11 is 0. The number of aromatic nitrogens is 3. The van der Waals surface area contributed by atoms with Gasteiger partial charge in [-0.15, -0.1) is 10.2 Å². The van der Waals surface area contributed by atoms with Crippen LogP contribution in [-0.4, -0.2) is 20.7 Å². The van der Waals surface area contributed by atoms with Gasteiger partial charge in [-0.2, -0.15) is 0 Å². The number of hydrogen-bond acceptors (Lipinski definition) is 4. The number of hydrogen-bond donors (Lipinski definition) is 1. The van der Waals surface area contributed by atoms with E-state index in [2.05, 4.69) is 27.6 Å². The normalized spacial score (nSPS) is 13.2. The second kappa shape index (κ2) is 6.69. The van der Waals surface area contributed by atoms with E-state index < -0.39 is 17.7 Å². The van der Waals surface area contributed by atoms with E-state index in [0.717, 1.165) is 33.5 Å². The molecule has 30 heavy (non-hydrogen) atoms. The van der Waals surface area contributed by atoms with Crippen molar-refractivity contribution in [2.75, 3.05) is 0 Å². The number of alkyl carbamates (subject to hydrolysis) is 1. The third-order valence-corrected chi connectivity index (χ3v) is 5.54. The van der Waals surface area contributed by atoms with E-state index in [1.807, 2.05) is 79.9 Å². The number of amides is 1. The van der Waals surface area contributed by atoms with Gasteiger partial charge < -0.3 is 10.1 Å². The Morgan fingerprint density at radius 1 is 1.00 bits per heavy atom. The molecule has 2 aromatic carbocycles. The van der Waals surface area contributed by atoms with Gasteiger partial charge in [0, 0.05) is 17.3 Å². The highest BCUT2D eigenvalue weighted by molar-refractivity contribution is 5.80. The van der Waals surface area contributed by atoms with Crippen LogP contribution in [-0.2, 0) is 10.3 Å². The van der Waals surface area contributed by atoms with Gasteiger partial charge in [0.15, 0.2) is 17.6 Å². The number of carbonyl (C=O) groups excluding carboxylic acids is 1. The van der Waals surface area contributed by atoms with Gasteiger partial charge in [0.2, 0.25) is 0 Å². The first kappa shape index (κ1) is 18.4. The van der Waals surface area contributed by atoms with Gasteiger partial charge in [-0.05, 0) is 49.6 Å². The first-order chi connectivity index (χ1) is 14.4. The molecule has 0 atom stereocenters. The Morgan fingerprint density at radius 2 is 1.63 bits per heavy atom. The fourth-order valence-corrected chi connectivity index (χ4v) is 4.10. The fraction of sp³-hybridized carbons (Fsp3) is 0.208. The monoisotopic (exact) mass is 398 g/mol. The Hall–Kier alpha value is -3.67. The fourth-order valence-electron chi connectivity index (χ4n) is 4.10. The Labute approximate surface area is 174 Å². The number of fused-ring (bicyclic) bond motifs is 4. The zero-order chi connectivity index (χ0) is 20.9. The minimum atomic E-state index is -0.774. The quantitative estimate of drug-likeness (QED) is 0.540. The topological polar surface area (TPSA) is 68.5 Å². The van der Waals surface area contributed by atoms with Crippen molar-refractivity contribution in [3.8, 4) is 11.1 Å². The Balaban J connectivity index is 1.42. The molecule has 1 aliphatic carbocycles. The van der Waals surface area contributed by atoms with E-state index in [4.69, 9.17) is 4.74 Å². The minimum Gasteiger partial charge on any atom is -0.436 e. The Bertz CT molecular complexity index is 1230. The summed E-state index contributed by atoms with van der Waals surface area (Å²) in [6.07, 6.45) is 0.976. The van der Waals surface area contributed by atoms with Crippen LogP contribution in [0.4, 0.5) is 4.79 Å². The predicted molar refractivity (Wildman–Crippen MR) is 114 cm³/mol. The first-order valence-electron chi connectivity index (χ1n) is 9.93. The number of pyridine rings is 1. The van der Waals surface area contributed by atoms with Crippen LogP contribution in [0.3, 0.4) is 0 Å². The maximum Gasteiger partial charge on any atom is 0.408 e. The summed E-state index contributed by atoms with van der Waals surface area (Å²) in [7, 11) is 0. The van der Waals surface area contributed by atoms with Gasteiger partial charge >= 0.3 is 6.09 Å². The van der Waals surface area contributed by atoms with E-state index >= 15 is 0 Å². The molecular weight excluding hydrogens is 376 g/mol. The number of nitrogens with one attached hydrogen (secondary N) is 1. The van der Waals surface area contributed by atoms with Crippen molar-refractivity contribution in [1.29, 1.82) is 0 Å². The van der Waals surface area contributed by atoms with Crippen molar-refractivity contribution in [3.05, 3.63) is 89.4 Å². The van der Waals surface area contributed by atoms with Gasteiger partial charge in [0.25, 0.3) is 0 Å². The summed E-state index contributed by atoms with van der Waals surface area (Å²) in [5.74, 6) is 0.640. The molecule has 0 fully saturated rings. The first-order valence-corrected chi connectivity index (χ1v) is 9.93. The number of rotatable bonds is 3. The lowest BCUT2D eigenvalue weighted by Crippen LogP contribution is -2.43. The van der Waals surface area contributed by atoms with Crippen LogP contribution in [0.25, 0.3) is 16.8 Å². The number of carbonyl (C=O) groups is 1. The second-order valence-corrected chi connectivity index (χ2v) is 8.17. The summed E-state index contributed by atoms with van der Waals surface area (Å²) in [6.45, 7) is 5.79. The molecule has 1 amide bonds. The van der Waals surface area contributed by atoms with Gasteiger partial charge in [-0.1, -0.05) is 48.5 Å². The molecule has 5 rings (SSSR count). The molecule has 1 aliphatic rings. The molecule has 0 spiro atoms. The molecule has 0 saturated carbocycles. The molecule has 150 valence electrons. The van der Waals surface area contributed by atoms with E-state index in [9.17, 15) is 4.79 Å². The molecular formula is C24H22N4O2. The second-order valence-electron chi connectivity index (χ2n) is 8.17. The Morgan fingerprint density at radius 3 is 2.30 bits per heavy atom. The van der Waals surface area contributed by atoms with Crippen molar-refractivity contribution in [2.45, 2.75) is 32.4 Å². The molecule has 4 aromatic rings. The smallest absolute Gasteiger partial charge is 0.408 e. The molecule has 6 nitrogen and oxygen atoms in total. The average Bonchev–Trinajstić information content (AvgIpc) is 3.28. The SMILES string of the molecule is Cc1ccn2c(C(C)(C)NC(=O)OC3c4ccccc4-c4ccccc43)nnc2c1. The van der Waals surface area contributed by atoms with Crippen molar-refractivity contribution in [3.63, 3.8) is 0 Å². The number of ether oxygens (including phenoxy) is 1. The summed E-state index contributed by atoms with van der Waals surface area (Å²) in [5.41, 5.74) is 5.26. The van der Waals surface area contributed by atoms with E-state index in [1.165, 1.54) is 0 Å². The number of nitrogens with zero attached hydrogens (tertiary/aromatic N) is 3. The largest absolute Gasteiger partial charge is 0.436 e. The third-order valence-electron chi connectivity index (χ3n) is 5.54. The van der Waals surface area contributed by atoms with E-state index in [1.54, 1.807) is 0 Å². The van der Waals surface area contributed by atoms with E-state index in [0.29, 0.717) is 5.82 Å². The molecule has 6 heteroatoms. The lowest BCUT2D eigenvalue weighted by atomic mass is 10.1. The van der Waals surface area contributed by atoms with Crippen LogP contribution >= 0.6 is 0 Å². The maximum absolute atomic E-state index is 12.9. The van der Waals surface area contributed by atoms with Gasteiger partial charge in [0.1, 0.15) is 0 Å². The van der Waals surface area contributed by atoms with Gasteiger partial charge in [-0.3, -0.25) is 4.40 Å². The number of benzene rings is 2. The summed E-state index contributed by atoms with van der Waals surface area (Å²) in [5, 5.41) is 11.5. The van der Waals surface area contributed by atoms with Crippen molar-refractivity contribution in [2.24, 2.45) is 0 Å². The molecule has 0 radical (unpaired) electrons. The Kier molecular flexibility index (Phi) is 4.10. The summed E-state index contributed by atoms with van der Waals surface area (Å²) < 4.78 is 7.80. The highest BCUT2D eigenvalue weighted by atomic mass is 16.6. The summed E-state index contributed by atoms with van der Waals surface area (Å²) in [4.78, 5) is 12.9. The lowest BCUT2D eigenvalue weighted by molar-refractivity contribution is 0.108. The number of aryl methyl sites for hydroxylation is 1. The lowest BCUT2D eigenvalue weighted by Gasteiger charge is -2.25. The zero-order valence-corrected chi connectivity index (χ0v) is 17.1. The molecule has 2 heterocycles. The molecule has 2 aromatic heterocycles. The van der Waals surface area contributed by atoms with Gasteiger partial charge in [0.05, 0.1) is 5.54 Å². The highest BCUT2D eigenvalue weighted by Gasteiger charge is 2.34. The molecule has 1 N–H and O–H groups in total. The highest BCUT2D eigenvalue weighted by Crippen LogP contribution is 2.45. The van der Waals surface area contributed by atoms with Crippen LogP contribution < -0.4 is 5.32 Å². The molecule has 0 bridgehead atoms.